The summed E-state index contributed by atoms with van der Waals surface area (Å²) in [5.41, 5.74) is 3.64. The molecule has 1 atom stereocenters. The third kappa shape index (κ3) is 3.18. The van der Waals surface area contributed by atoms with Gasteiger partial charge in [0.05, 0.1) is 30.3 Å². The van der Waals surface area contributed by atoms with Crippen LogP contribution in [0.4, 0.5) is 11.4 Å². The molecular weight excluding hydrogens is 350 g/mol. The Morgan fingerprint density at radius 1 is 1.31 bits per heavy atom. The van der Waals surface area contributed by atoms with Crippen molar-refractivity contribution < 1.29 is 9.21 Å². The van der Waals surface area contributed by atoms with Gasteiger partial charge in [-0.3, -0.25) is 4.79 Å². The maximum absolute atomic E-state index is 12.6. The van der Waals surface area contributed by atoms with Crippen LogP contribution in [0.5, 0.6) is 0 Å². The Kier molecular flexibility index (Phi) is 4.39. The van der Waals surface area contributed by atoms with E-state index in [9.17, 15) is 4.79 Å². The number of furan rings is 1. The van der Waals surface area contributed by atoms with E-state index in [-0.39, 0.29) is 5.91 Å². The van der Waals surface area contributed by atoms with Gasteiger partial charge < -0.3 is 14.6 Å². The lowest BCUT2D eigenvalue weighted by Crippen LogP contribution is -2.29. The average Bonchev–Trinajstić information content (AvgIpc) is 3.22. The highest BCUT2D eigenvalue weighted by Gasteiger charge is 2.28. The molecule has 0 fully saturated rings. The van der Waals surface area contributed by atoms with Crippen LogP contribution in [0, 0.1) is 0 Å². The summed E-state index contributed by atoms with van der Waals surface area (Å²) in [5.74, 6) is 0.422. The number of carbonyl (C=O) groups excluding carboxylic acids is 1. The number of amides is 1. The van der Waals surface area contributed by atoms with Crippen LogP contribution in [0.2, 0.25) is 5.15 Å². The predicted molar refractivity (Wildman–Crippen MR) is 102 cm³/mol. The summed E-state index contributed by atoms with van der Waals surface area (Å²) in [6.07, 6.45) is 4.07. The molecule has 0 aliphatic carbocycles. The van der Waals surface area contributed by atoms with Gasteiger partial charge in [0.15, 0.2) is 0 Å². The van der Waals surface area contributed by atoms with E-state index in [0.717, 1.165) is 6.42 Å². The normalized spacial score (nSPS) is 15.8. The zero-order valence-corrected chi connectivity index (χ0v) is 15.0. The Labute approximate surface area is 156 Å². The lowest BCUT2D eigenvalue weighted by atomic mass is 10.1. The molecule has 1 N–H and O–H groups in total. The number of benzene rings is 1. The Morgan fingerprint density at radius 2 is 2.15 bits per heavy atom. The molecule has 5 nitrogen and oxygen atoms in total. The molecule has 0 bridgehead atoms. The van der Waals surface area contributed by atoms with Gasteiger partial charge in [-0.05, 0) is 43.2 Å². The van der Waals surface area contributed by atoms with Gasteiger partial charge in [0.2, 0.25) is 0 Å². The zero-order valence-electron chi connectivity index (χ0n) is 14.3. The van der Waals surface area contributed by atoms with Crippen molar-refractivity contribution in [3.63, 3.8) is 0 Å². The molecule has 0 saturated heterocycles. The van der Waals surface area contributed by atoms with E-state index < -0.39 is 0 Å². The molecule has 0 unspecified atom stereocenters. The fourth-order valence-electron chi connectivity index (χ4n) is 3.34. The number of halogens is 1. The highest BCUT2D eigenvalue weighted by atomic mass is 35.5. The van der Waals surface area contributed by atoms with Gasteiger partial charge in [-0.25, -0.2) is 4.98 Å². The highest BCUT2D eigenvalue weighted by Crippen LogP contribution is 2.33. The van der Waals surface area contributed by atoms with Crippen molar-refractivity contribution in [1.29, 1.82) is 0 Å². The summed E-state index contributed by atoms with van der Waals surface area (Å²) in [7, 11) is 0. The van der Waals surface area contributed by atoms with Crippen LogP contribution >= 0.6 is 11.6 Å². The monoisotopic (exact) mass is 367 g/mol. The first-order valence-corrected chi connectivity index (χ1v) is 8.83. The number of para-hydroxylation sites is 1. The van der Waals surface area contributed by atoms with Crippen molar-refractivity contribution in [2.45, 2.75) is 25.9 Å². The van der Waals surface area contributed by atoms with Crippen LogP contribution in [0.3, 0.4) is 0 Å². The first-order chi connectivity index (χ1) is 12.6. The van der Waals surface area contributed by atoms with Crippen molar-refractivity contribution in [2.75, 3.05) is 10.2 Å². The lowest BCUT2D eigenvalue weighted by Gasteiger charge is -2.24. The minimum atomic E-state index is -0.224. The number of pyridine rings is 1. The number of anilines is 2. The van der Waals surface area contributed by atoms with Crippen LogP contribution in [0.25, 0.3) is 0 Å². The molecule has 3 aromatic rings. The first kappa shape index (κ1) is 16.7. The Balaban J connectivity index is 1.54. The largest absolute Gasteiger partial charge is 0.467 e. The van der Waals surface area contributed by atoms with Crippen LogP contribution in [-0.2, 0) is 13.0 Å². The van der Waals surface area contributed by atoms with Crippen LogP contribution in [0.1, 0.15) is 28.6 Å². The number of nitrogens with zero attached hydrogens (tertiary/aromatic N) is 2. The molecule has 4 rings (SSSR count). The summed E-state index contributed by atoms with van der Waals surface area (Å²) < 4.78 is 5.63. The van der Waals surface area contributed by atoms with E-state index in [1.54, 1.807) is 24.5 Å². The fourth-order valence-corrected chi connectivity index (χ4v) is 3.45. The van der Waals surface area contributed by atoms with Crippen molar-refractivity contribution >= 4 is 28.9 Å². The van der Waals surface area contributed by atoms with E-state index >= 15 is 0 Å². The number of carbonyl (C=O) groups is 1. The molecule has 0 spiro atoms. The average molecular weight is 368 g/mol. The molecule has 1 aromatic carbocycles. The van der Waals surface area contributed by atoms with Gasteiger partial charge in [0.25, 0.3) is 5.91 Å². The van der Waals surface area contributed by atoms with Crippen molar-refractivity contribution in [3.8, 4) is 0 Å². The summed E-state index contributed by atoms with van der Waals surface area (Å²) in [6.45, 7) is 2.73. The molecule has 1 aliphatic rings. The van der Waals surface area contributed by atoms with E-state index in [2.05, 4.69) is 40.3 Å². The number of hydrogen-bond acceptors (Lipinski definition) is 4. The molecule has 1 amide bonds. The van der Waals surface area contributed by atoms with Gasteiger partial charge in [0, 0.05) is 11.7 Å². The molecule has 132 valence electrons. The number of fused-ring (bicyclic) bond motifs is 1. The van der Waals surface area contributed by atoms with Gasteiger partial charge in [-0.15, -0.1) is 0 Å². The zero-order chi connectivity index (χ0) is 18.1. The molecule has 1 aliphatic heterocycles. The third-order valence-electron chi connectivity index (χ3n) is 4.64. The first-order valence-electron chi connectivity index (χ1n) is 8.45. The lowest BCUT2D eigenvalue weighted by molar-refractivity contribution is 0.102. The Bertz CT molecular complexity index is 936. The maximum atomic E-state index is 12.6. The number of aromatic nitrogens is 1. The van der Waals surface area contributed by atoms with Gasteiger partial charge >= 0.3 is 0 Å². The Hall–Kier alpha value is -2.79. The molecule has 2 aromatic heterocycles. The van der Waals surface area contributed by atoms with Crippen LogP contribution in [0.15, 0.2) is 59.3 Å². The van der Waals surface area contributed by atoms with E-state index in [0.29, 0.717) is 34.8 Å². The molecule has 6 heteroatoms. The van der Waals surface area contributed by atoms with E-state index in [1.807, 2.05) is 6.07 Å². The van der Waals surface area contributed by atoms with Gasteiger partial charge in [-0.1, -0.05) is 29.8 Å². The molecule has 0 radical (unpaired) electrons. The van der Waals surface area contributed by atoms with Crippen molar-refractivity contribution in [3.05, 3.63) is 77.0 Å². The fraction of sp³-hybridized carbons (Fsp3) is 0.200. The summed E-state index contributed by atoms with van der Waals surface area (Å²) in [4.78, 5) is 18.9. The smallest absolute Gasteiger partial charge is 0.259 e. The second-order valence-corrected chi connectivity index (χ2v) is 6.78. The third-order valence-corrected chi connectivity index (χ3v) is 4.86. The summed E-state index contributed by atoms with van der Waals surface area (Å²) in [5, 5.41) is 3.21. The van der Waals surface area contributed by atoms with E-state index in [1.165, 1.54) is 17.4 Å². The van der Waals surface area contributed by atoms with Gasteiger partial charge in [0.1, 0.15) is 10.9 Å². The van der Waals surface area contributed by atoms with Crippen molar-refractivity contribution in [1.82, 2.24) is 4.98 Å². The molecule has 3 heterocycles. The minimum Gasteiger partial charge on any atom is -0.467 e. The number of nitrogens with one attached hydrogen (secondary N) is 1. The maximum Gasteiger partial charge on any atom is 0.259 e. The molecular formula is C20H18ClN3O2. The van der Waals surface area contributed by atoms with Crippen LogP contribution < -0.4 is 10.2 Å². The highest BCUT2D eigenvalue weighted by molar-refractivity contribution is 6.29. The van der Waals surface area contributed by atoms with Gasteiger partial charge in [-0.2, -0.15) is 0 Å². The van der Waals surface area contributed by atoms with E-state index in [4.69, 9.17) is 16.0 Å². The second-order valence-electron chi connectivity index (χ2n) is 6.39. The summed E-state index contributed by atoms with van der Waals surface area (Å²) >= 11 is 5.78. The second kappa shape index (κ2) is 6.84. The topological polar surface area (TPSA) is 58.4 Å². The molecule has 0 saturated carbocycles. The SMILES string of the molecule is C[C@@H]1Cc2ccccc2N1Cc1occc1C(=O)Nc1ccc(Cl)nc1. The van der Waals surface area contributed by atoms with Crippen molar-refractivity contribution in [2.24, 2.45) is 0 Å². The standard InChI is InChI=1S/C20H18ClN3O2/c1-13-10-14-4-2-3-5-17(14)24(13)12-18-16(8-9-26-18)20(25)23-15-6-7-19(21)22-11-15/h2-9,11,13H,10,12H2,1H3,(H,23,25)/t13-/m1/s1. The number of hydrogen-bond donors (Lipinski definition) is 1. The Morgan fingerprint density at radius 3 is 2.96 bits per heavy atom. The summed E-state index contributed by atoms with van der Waals surface area (Å²) in [6, 6.07) is 13.8. The minimum absolute atomic E-state index is 0.224. The predicted octanol–water partition coefficient (Wildman–Crippen LogP) is 4.53. The van der Waals surface area contributed by atoms with Crippen LogP contribution in [-0.4, -0.2) is 16.9 Å². The molecule has 26 heavy (non-hydrogen) atoms. The number of rotatable bonds is 4. The quantitative estimate of drug-likeness (QED) is 0.688.